The lowest BCUT2D eigenvalue weighted by Crippen LogP contribution is -2.37. The summed E-state index contributed by atoms with van der Waals surface area (Å²) in [5.74, 6) is 0. The van der Waals surface area contributed by atoms with Crippen LogP contribution in [0.4, 0.5) is 4.79 Å². The average molecular weight is 265 g/mol. The second-order valence-electron chi connectivity index (χ2n) is 5.74. The Labute approximate surface area is 117 Å². The molecule has 100 valence electrons. The molecule has 0 radical (unpaired) electrons. The molecule has 3 nitrogen and oxygen atoms in total. The highest BCUT2D eigenvalue weighted by Gasteiger charge is 2.37. The average Bonchev–Trinajstić information content (AvgIpc) is 2.99. The first-order valence-corrected chi connectivity index (χ1v) is 6.82. The van der Waals surface area contributed by atoms with Crippen molar-refractivity contribution in [2.75, 3.05) is 6.61 Å². The van der Waals surface area contributed by atoms with Crippen LogP contribution in [0, 0.1) is 0 Å². The molecule has 2 aliphatic rings. The van der Waals surface area contributed by atoms with Crippen LogP contribution in [0.5, 0.6) is 0 Å². The molecule has 20 heavy (non-hydrogen) atoms. The van der Waals surface area contributed by atoms with Crippen LogP contribution in [0.1, 0.15) is 23.6 Å². The van der Waals surface area contributed by atoms with Crippen molar-refractivity contribution >= 4 is 6.09 Å². The number of nitrogens with one attached hydrogen (secondary N) is 1. The Morgan fingerprint density at radius 2 is 1.90 bits per heavy atom. The summed E-state index contributed by atoms with van der Waals surface area (Å²) in [6.07, 6.45) is 0.626. The van der Waals surface area contributed by atoms with Gasteiger partial charge in [-0.2, -0.15) is 0 Å². The van der Waals surface area contributed by atoms with Crippen LogP contribution in [-0.2, 0) is 16.7 Å². The molecule has 0 saturated carbocycles. The Bertz CT molecular complexity index is 723. The van der Waals surface area contributed by atoms with Crippen LogP contribution in [0.3, 0.4) is 0 Å². The fraction of sp³-hybridized carbons (Fsp3) is 0.235. The van der Waals surface area contributed by atoms with Gasteiger partial charge in [0.25, 0.3) is 0 Å². The second kappa shape index (κ2) is 3.85. The fourth-order valence-corrected chi connectivity index (χ4v) is 3.15. The van der Waals surface area contributed by atoms with Crippen molar-refractivity contribution in [1.82, 2.24) is 5.32 Å². The number of ether oxygens (including phenoxy) is 1. The van der Waals surface area contributed by atoms with Crippen LogP contribution in [0.25, 0.3) is 11.1 Å². The molecule has 1 fully saturated rings. The maximum atomic E-state index is 11.3. The molecule has 1 heterocycles. The molecular formula is C17H15NO2. The Morgan fingerprint density at radius 1 is 1.10 bits per heavy atom. The number of carbonyl (C=O) groups is 1. The summed E-state index contributed by atoms with van der Waals surface area (Å²) in [6, 6.07) is 15.0. The number of fused-ring (bicyclic) bond motifs is 3. The van der Waals surface area contributed by atoms with Gasteiger partial charge in [0, 0.05) is 0 Å². The summed E-state index contributed by atoms with van der Waals surface area (Å²) in [5.41, 5.74) is 6.02. The zero-order chi connectivity index (χ0) is 13.7. The van der Waals surface area contributed by atoms with Gasteiger partial charge in [-0.3, -0.25) is 0 Å². The highest BCUT2D eigenvalue weighted by atomic mass is 16.6. The Morgan fingerprint density at radius 3 is 2.70 bits per heavy atom. The molecule has 2 aromatic rings. The van der Waals surface area contributed by atoms with Gasteiger partial charge in [0.05, 0.1) is 5.54 Å². The number of hydrogen-bond donors (Lipinski definition) is 1. The predicted octanol–water partition coefficient (Wildman–Crippen LogP) is 3.21. The van der Waals surface area contributed by atoms with Crippen LogP contribution in [0.15, 0.2) is 42.5 Å². The molecule has 0 aromatic heterocycles. The van der Waals surface area contributed by atoms with E-state index in [9.17, 15) is 4.79 Å². The first kappa shape index (κ1) is 11.5. The predicted molar refractivity (Wildman–Crippen MR) is 76.5 cm³/mol. The van der Waals surface area contributed by atoms with E-state index in [1.54, 1.807) is 0 Å². The van der Waals surface area contributed by atoms with Crippen molar-refractivity contribution in [3.05, 3.63) is 59.2 Å². The Hall–Kier alpha value is -2.29. The van der Waals surface area contributed by atoms with E-state index < -0.39 is 5.54 Å². The molecule has 1 N–H and O–H groups in total. The zero-order valence-corrected chi connectivity index (χ0v) is 11.3. The number of carbonyl (C=O) groups excluding carboxylic acids is 1. The molecule has 3 heteroatoms. The normalized spacial score (nSPS) is 22.9. The lowest BCUT2D eigenvalue weighted by atomic mass is 9.90. The van der Waals surface area contributed by atoms with Crippen molar-refractivity contribution in [1.29, 1.82) is 0 Å². The summed E-state index contributed by atoms with van der Waals surface area (Å²) in [5, 5.41) is 2.90. The number of alkyl carbamates (subject to hydrolysis) is 1. The topological polar surface area (TPSA) is 38.3 Å². The Kier molecular flexibility index (Phi) is 2.22. The smallest absolute Gasteiger partial charge is 0.408 e. The number of hydrogen-bond acceptors (Lipinski definition) is 2. The van der Waals surface area contributed by atoms with E-state index in [1.165, 1.54) is 22.3 Å². The first-order valence-electron chi connectivity index (χ1n) is 6.82. The molecule has 1 amide bonds. The van der Waals surface area contributed by atoms with Crippen LogP contribution in [-0.4, -0.2) is 12.7 Å². The minimum Gasteiger partial charge on any atom is -0.447 e. The van der Waals surface area contributed by atoms with E-state index in [1.807, 2.05) is 6.92 Å². The lowest BCUT2D eigenvalue weighted by molar-refractivity contribution is 0.173. The minimum atomic E-state index is -0.416. The summed E-state index contributed by atoms with van der Waals surface area (Å²) in [6.45, 7) is 2.39. The summed E-state index contributed by atoms with van der Waals surface area (Å²) >= 11 is 0. The van der Waals surface area contributed by atoms with Crippen LogP contribution < -0.4 is 5.32 Å². The van der Waals surface area contributed by atoms with E-state index in [2.05, 4.69) is 47.8 Å². The summed E-state index contributed by atoms with van der Waals surface area (Å²) in [7, 11) is 0. The summed E-state index contributed by atoms with van der Waals surface area (Å²) in [4.78, 5) is 11.3. The molecule has 1 aliphatic heterocycles. The fourth-order valence-electron chi connectivity index (χ4n) is 3.15. The third kappa shape index (κ3) is 1.56. The highest BCUT2D eigenvalue weighted by Crippen LogP contribution is 2.38. The molecule has 1 atom stereocenters. The van der Waals surface area contributed by atoms with Gasteiger partial charge in [-0.15, -0.1) is 0 Å². The quantitative estimate of drug-likeness (QED) is 0.733. The van der Waals surface area contributed by atoms with Crippen molar-refractivity contribution in [2.45, 2.75) is 18.9 Å². The van der Waals surface area contributed by atoms with Gasteiger partial charge in [0.2, 0.25) is 0 Å². The second-order valence-corrected chi connectivity index (χ2v) is 5.74. The third-order valence-electron chi connectivity index (χ3n) is 4.30. The number of benzene rings is 2. The van der Waals surface area contributed by atoms with Gasteiger partial charge in [0.1, 0.15) is 6.61 Å². The third-order valence-corrected chi connectivity index (χ3v) is 4.30. The molecule has 1 unspecified atom stereocenters. The van der Waals surface area contributed by atoms with E-state index in [0.29, 0.717) is 6.61 Å². The molecule has 4 rings (SSSR count). The van der Waals surface area contributed by atoms with Gasteiger partial charge in [-0.25, -0.2) is 4.79 Å². The molecule has 1 aliphatic carbocycles. The molecule has 0 spiro atoms. The lowest BCUT2D eigenvalue weighted by Gasteiger charge is -2.22. The van der Waals surface area contributed by atoms with Crippen molar-refractivity contribution in [3.8, 4) is 11.1 Å². The molecule has 1 saturated heterocycles. The highest BCUT2D eigenvalue weighted by molar-refractivity contribution is 5.77. The standard InChI is InChI=1S/C17H15NO2/c1-17(10-20-16(19)18-17)13-6-7-15-12(9-13)8-11-4-2-3-5-14(11)15/h2-7,9H,8,10H2,1H3,(H,18,19). The van der Waals surface area contributed by atoms with Gasteiger partial charge >= 0.3 is 6.09 Å². The monoisotopic (exact) mass is 265 g/mol. The minimum absolute atomic E-state index is 0.337. The van der Waals surface area contributed by atoms with E-state index in [0.717, 1.165) is 12.0 Å². The maximum Gasteiger partial charge on any atom is 0.408 e. The van der Waals surface area contributed by atoms with Crippen LogP contribution in [0.2, 0.25) is 0 Å². The SMILES string of the molecule is CC1(c2ccc3c(c2)Cc2ccccc2-3)COC(=O)N1. The summed E-state index contributed by atoms with van der Waals surface area (Å²) < 4.78 is 5.05. The first-order chi connectivity index (χ1) is 9.66. The molecule has 2 aromatic carbocycles. The largest absolute Gasteiger partial charge is 0.447 e. The molecule has 0 bridgehead atoms. The van der Waals surface area contributed by atoms with Crippen molar-refractivity contribution in [3.63, 3.8) is 0 Å². The van der Waals surface area contributed by atoms with Crippen LogP contribution >= 0.6 is 0 Å². The number of rotatable bonds is 1. The van der Waals surface area contributed by atoms with E-state index >= 15 is 0 Å². The maximum absolute atomic E-state index is 11.3. The number of cyclic esters (lactones) is 1. The van der Waals surface area contributed by atoms with E-state index in [4.69, 9.17) is 4.74 Å². The van der Waals surface area contributed by atoms with E-state index in [-0.39, 0.29) is 6.09 Å². The van der Waals surface area contributed by atoms with Gasteiger partial charge in [-0.05, 0) is 41.2 Å². The number of amides is 1. The van der Waals surface area contributed by atoms with Gasteiger partial charge < -0.3 is 10.1 Å². The van der Waals surface area contributed by atoms with Crippen molar-refractivity contribution in [2.24, 2.45) is 0 Å². The zero-order valence-electron chi connectivity index (χ0n) is 11.3. The van der Waals surface area contributed by atoms with Crippen molar-refractivity contribution < 1.29 is 9.53 Å². The molecular weight excluding hydrogens is 250 g/mol. The van der Waals surface area contributed by atoms with Gasteiger partial charge in [0.15, 0.2) is 0 Å². The Balaban J connectivity index is 1.78. The van der Waals surface area contributed by atoms with Gasteiger partial charge in [-0.1, -0.05) is 42.5 Å².